The lowest BCUT2D eigenvalue weighted by molar-refractivity contribution is -0.930. The SMILES string of the molecule is Cc1ccc(N(C[C@@H](O)C[NH+](Cc2ccccc2)Cc2ccccc2)S(=O)(=O)c2ccccc2)cc1. The number of nitrogens with one attached hydrogen (secondary N) is 1. The van der Waals surface area contributed by atoms with Crippen LogP contribution in [0.3, 0.4) is 0 Å². The van der Waals surface area contributed by atoms with Gasteiger partial charge in [0.1, 0.15) is 25.7 Å². The Morgan fingerprint density at radius 1 is 0.722 bits per heavy atom. The Labute approximate surface area is 214 Å². The highest BCUT2D eigenvalue weighted by Gasteiger charge is 2.29. The Bertz CT molecular complexity index is 1270. The first kappa shape index (κ1) is 25.6. The van der Waals surface area contributed by atoms with Crippen LogP contribution in [0, 0.1) is 6.92 Å². The zero-order chi connectivity index (χ0) is 25.4. The molecule has 2 N–H and O–H groups in total. The molecule has 4 aromatic carbocycles. The normalized spacial score (nSPS) is 12.4. The van der Waals surface area contributed by atoms with Gasteiger partial charge in [0.2, 0.25) is 0 Å². The van der Waals surface area contributed by atoms with Gasteiger partial charge in [-0.25, -0.2) is 8.42 Å². The Morgan fingerprint density at radius 3 is 1.69 bits per heavy atom. The van der Waals surface area contributed by atoms with Crippen LogP contribution >= 0.6 is 0 Å². The molecule has 0 aliphatic rings. The summed E-state index contributed by atoms with van der Waals surface area (Å²) >= 11 is 0. The summed E-state index contributed by atoms with van der Waals surface area (Å²) in [7, 11) is -3.85. The summed E-state index contributed by atoms with van der Waals surface area (Å²) in [5.41, 5.74) is 3.92. The minimum atomic E-state index is -3.85. The standard InChI is InChI=1S/C30H32N2O3S/c1-25-17-19-28(20-18-25)32(36(34,35)30-15-9-4-10-16-30)24-29(33)23-31(21-26-11-5-2-6-12-26)22-27-13-7-3-8-14-27/h2-20,29,33H,21-24H2,1H3/p+1/t29-/m0/s1. The molecule has 0 radical (unpaired) electrons. The smallest absolute Gasteiger partial charge is 0.264 e. The molecule has 5 nitrogen and oxygen atoms in total. The first-order valence-corrected chi connectivity index (χ1v) is 13.6. The molecule has 4 aromatic rings. The van der Waals surface area contributed by atoms with Crippen LogP contribution in [0.15, 0.2) is 120 Å². The van der Waals surface area contributed by atoms with Crippen molar-refractivity contribution in [3.8, 4) is 0 Å². The molecular formula is C30H33N2O3S+. The van der Waals surface area contributed by atoms with Gasteiger partial charge in [0.25, 0.3) is 10.0 Å². The van der Waals surface area contributed by atoms with Crippen molar-refractivity contribution in [1.29, 1.82) is 0 Å². The zero-order valence-electron chi connectivity index (χ0n) is 20.5. The first-order chi connectivity index (χ1) is 17.4. The van der Waals surface area contributed by atoms with E-state index >= 15 is 0 Å². The summed E-state index contributed by atoms with van der Waals surface area (Å²) in [6.45, 7) is 3.78. The van der Waals surface area contributed by atoms with Gasteiger partial charge in [-0.2, -0.15) is 0 Å². The van der Waals surface area contributed by atoms with E-state index in [-0.39, 0.29) is 11.4 Å². The Kier molecular flexibility index (Phi) is 8.54. The van der Waals surface area contributed by atoms with Crippen LogP contribution in [0.25, 0.3) is 0 Å². The van der Waals surface area contributed by atoms with E-state index in [0.717, 1.165) is 23.6 Å². The molecule has 6 heteroatoms. The quantitative estimate of drug-likeness (QED) is 0.328. The molecule has 0 fully saturated rings. The van der Waals surface area contributed by atoms with E-state index in [1.54, 1.807) is 42.5 Å². The highest BCUT2D eigenvalue weighted by molar-refractivity contribution is 7.92. The fraction of sp³-hybridized carbons (Fsp3) is 0.200. The van der Waals surface area contributed by atoms with Gasteiger partial charge in [0, 0.05) is 11.1 Å². The topological polar surface area (TPSA) is 62.1 Å². The maximum absolute atomic E-state index is 13.6. The Balaban J connectivity index is 1.58. The summed E-state index contributed by atoms with van der Waals surface area (Å²) in [4.78, 5) is 1.36. The molecule has 36 heavy (non-hydrogen) atoms. The lowest BCUT2D eigenvalue weighted by Gasteiger charge is -2.29. The molecule has 0 unspecified atom stereocenters. The first-order valence-electron chi connectivity index (χ1n) is 12.2. The van der Waals surface area contributed by atoms with Gasteiger partial charge in [-0.3, -0.25) is 4.31 Å². The van der Waals surface area contributed by atoms with Crippen molar-refractivity contribution in [2.24, 2.45) is 0 Å². The van der Waals surface area contributed by atoms with E-state index < -0.39 is 16.1 Å². The Morgan fingerprint density at radius 2 is 1.19 bits per heavy atom. The van der Waals surface area contributed by atoms with Crippen LogP contribution in [0.4, 0.5) is 5.69 Å². The number of anilines is 1. The second-order valence-corrected chi connectivity index (χ2v) is 11.0. The van der Waals surface area contributed by atoms with Crippen LogP contribution in [-0.4, -0.2) is 32.7 Å². The van der Waals surface area contributed by atoms with Gasteiger partial charge >= 0.3 is 0 Å². The molecule has 0 saturated carbocycles. The maximum Gasteiger partial charge on any atom is 0.264 e. The minimum Gasteiger partial charge on any atom is -0.385 e. The number of sulfonamides is 1. The van der Waals surface area contributed by atoms with E-state index in [1.165, 1.54) is 15.4 Å². The lowest BCUT2D eigenvalue weighted by Crippen LogP contribution is -3.10. The molecule has 0 aliphatic heterocycles. The van der Waals surface area contributed by atoms with Gasteiger partial charge in [-0.05, 0) is 31.2 Å². The van der Waals surface area contributed by atoms with Gasteiger partial charge in [-0.15, -0.1) is 0 Å². The maximum atomic E-state index is 13.6. The van der Waals surface area contributed by atoms with Crippen molar-refractivity contribution < 1.29 is 18.4 Å². The number of hydrogen-bond acceptors (Lipinski definition) is 3. The molecule has 0 amide bonds. The van der Waals surface area contributed by atoms with Crippen molar-refractivity contribution in [2.45, 2.75) is 31.0 Å². The number of rotatable bonds is 11. The van der Waals surface area contributed by atoms with Crippen LogP contribution in [0.5, 0.6) is 0 Å². The molecule has 0 bridgehead atoms. The van der Waals surface area contributed by atoms with E-state index in [1.807, 2.05) is 55.5 Å². The molecule has 0 aromatic heterocycles. The van der Waals surface area contributed by atoms with Gasteiger partial charge < -0.3 is 10.0 Å². The van der Waals surface area contributed by atoms with Crippen molar-refractivity contribution in [1.82, 2.24) is 0 Å². The molecule has 1 atom stereocenters. The third kappa shape index (κ3) is 6.82. The van der Waals surface area contributed by atoms with E-state index in [0.29, 0.717) is 12.2 Å². The predicted octanol–water partition coefficient (Wildman–Crippen LogP) is 3.84. The van der Waals surface area contributed by atoms with Crippen molar-refractivity contribution >= 4 is 15.7 Å². The lowest BCUT2D eigenvalue weighted by atomic mass is 10.1. The van der Waals surface area contributed by atoms with Crippen LogP contribution in [0.2, 0.25) is 0 Å². The average Bonchev–Trinajstić information content (AvgIpc) is 2.89. The Hall–Kier alpha value is -3.45. The fourth-order valence-electron chi connectivity index (χ4n) is 4.34. The highest BCUT2D eigenvalue weighted by Crippen LogP contribution is 2.24. The molecule has 4 rings (SSSR count). The number of aryl methyl sites for hydroxylation is 1. The van der Waals surface area contributed by atoms with Gasteiger partial charge in [-0.1, -0.05) is 96.6 Å². The van der Waals surface area contributed by atoms with Crippen molar-refractivity contribution in [3.63, 3.8) is 0 Å². The van der Waals surface area contributed by atoms with Crippen molar-refractivity contribution in [2.75, 3.05) is 17.4 Å². The molecular weight excluding hydrogens is 468 g/mol. The third-order valence-corrected chi connectivity index (χ3v) is 7.96. The zero-order valence-corrected chi connectivity index (χ0v) is 21.3. The predicted molar refractivity (Wildman–Crippen MR) is 144 cm³/mol. The highest BCUT2D eigenvalue weighted by atomic mass is 32.2. The fourth-order valence-corrected chi connectivity index (χ4v) is 5.86. The van der Waals surface area contributed by atoms with Crippen LogP contribution < -0.4 is 9.21 Å². The second kappa shape index (κ2) is 12.0. The summed E-state index contributed by atoms with van der Waals surface area (Å²) in [5.74, 6) is 0. The van der Waals surface area contributed by atoms with E-state index in [4.69, 9.17) is 0 Å². The second-order valence-electron chi connectivity index (χ2n) is 9.12. The van der Waals surface area contributed by atoms with Crippen LogP contribution in [0.1, 0.15) is 16.7 Å². The molecule has 0 saturated heterocycles. The van der Waals surface area contributed by atoms with Gasteiger partial charge in [0.05, 0.1) is 17.1 Å². The average molecular weight is 502 g/mol. The summed E-state index contributed by atoms with van der Waals surface area (Å²) in [6.07, 6.45) is -0.868. The van der Waals surface area contributed by atoms with Crippen molar-refractivity contribution in [3.05, 3.63) is 132 Å². The van der Waals surface area contributed by atoms with E-state index in [9.17, 15) is 13.5 Å². The van der Waals surface area contributed by atoms with E-state index in [2.05, 4.69) is 24.3 Å². The number of hydrogen-bond donors (Lipinski definition) is 2. The number of nitrogens with zero attached hydrogens (tertiary/aromatic N) is 1. The van der Waals surface area contributed by atoms with Crippen LogP contribution in [-0.2, 0) is 23.1 Å². The molecule has 0 spiro atoms. The summed E-state index contributed by atoms with van der Waals surface area (Å²) in [5, 5.41) is 11.2. The minimum absolute atomic E-state index is 0.0344. The number of quaternary nitrogens is 1. The number of aliphatic hydroxyl groups excluding tert-OH is 1. The number of aliphatic hydroxyl groups is 1. The molecule has 0 aliphatic carbocycles. The largest absolute Gasteiger partial charge is 0.385 e. The molecule has 186 valence electrons. The number of benzene rings is 4. The monoisotopic (exact) mass is 501 g/mol. The third-order valence-electron chi connectivity index (χ3n) is 6.15. The summed E-state index contributed by atoms with van der Waals surface area (Å²) < 4.78 is 28.6. The van der Waals surface area contributed by atoms with Gasteiger partial charge in [0.15, 0.2) is 0 Å². The molecule has 0 heterocycles. The summed E-state index contributed by atoms with van der Waals surface area (Å²) in [6, 6.07) is 36.1.